The van der Waals surface area contributed by atoms with Gasteiger partial charge < -0.3 is 5.32 Å². The van der Waals surface area contributed by atoms with Crippen molar-refractivity contribution in [2.45, 2.75) is 39.2 Å². The summed E-state index contributed by atoms with van der Waals surface area (Å²) in [7, 11) is 0. The highest BCUT2D eigenvalue weighted by Gasteiger charge is 2.15. The highest BCUT2D eigenvalue weighted by molar-refractivity contribution is 9.13. The quantitative estimate of drug-likeness (QED) is 0.600. The van der Waals surface area contributed by atoms with Crippen LogP contribution in [0, 0.1) is 0 Å². The van der Waals surface area contributed by atoms with Gasteiger partial charge in [-0.25, -0.2) is 0 Å². The molecule has 4 heteroatoms. The fourth-order valence-electron chi connectivity index (χ4n) is 1.56. The van der Waals surface area contributed by atoms with Gasteiger partial charge in [0.15, 0.2) is 0 Å². The van der Waals surface area contributed by atoms with Crippen LogP contribution in [-0.4, -0.2) is 6.54 Å². The van der Waals surface area contributed by atoms with E-state index in [2.05, 4.69) is 63.7 Å². The van der Waals surface area contributed by atoms with Gasteiger partial charge in [0.25, 0.3) is 0 Å². The van der Waals surface area contributed by atoms with Gasteiger partial charge in [-0.3, -0.25) is 0 Å². The highest BCUT2D eigenvalue weighted by atomic mass is 79.9. The SMILES string of the molecule is C=C(CC)CC(NCCC)c1cc(Br)c(Br)s1. The zero-order valence-electron chi connectivity index (χ0n) is 10.4. The minimum absolute atomic E-state index is 0.398. The monoisotopic (exact) mass is 379 g/mol. The van der Waals surface area contributed by atoms with Crippen LogP contribution in [0.4, 0.5) is 0 Å². The maximum Gasteiger partial charge on any atom is 0.0843 e. The van der Waals surface area contributed by atoms with Crippen molar-refractivity contribution in [3.8, 4) is 0 Å². The first-order chi connectivity index (χ1) is 8.08. The van der Waals surface area contributed by atoms with Gasteiger partial charge >= 0.3 is 0 Å². The molecule has 0 saturated heterocycles. The lowest BCUT2D eigenvalue weighted by Crippen LogP contribution is -2.21. The molecule has 1 atom stereocenters. The molecule has 1 aromatic rings. The van der Waals surface area contributed by atoms with Gasteiger partial charge in [0.2, 0.25) is 0 Å². The molecule has 1 nitrogen and oxygen atoms in total. The topological polar surface area (TPSA) is 12.0 Å². The Labute approximate surface area is 125 Å². The normalized spacial score (nSPS) is 12.7. The summed E-state index contributed by atoms with van der Waals surface area (Å²) >= 11 is 8.90. The Morgan fingerprint density at radius 3 is 2.65 bits per heavy atom. The molecule has 1 N–H and O–H groups in total. The van der Waals surface area contributed by atoms with Crippen LogP contribution in [0.1, 0.15) is 44.0 Å². The second-order valence-corrected chi connectivity index (χ2v) is 7.34. The Morgan fingerprint density at radius 2 is 2.18 bits per heavy atom. The van der Waals surface area contributed by atoms with E-state index in [1.807, 2.05) is 0 Å². The number of thiophene rings is 1. The van der Waals surface area contributed by atoms with Crippen molar-refractivity contribution in [3.63, 3.8) is 0 Å². The summed E-state index contributed by atoms with van der Waals surface area (Å²) in [5.74, 6) is 0. The Bertz CT molecular complexity index is 354. The maximum atomic E-state index is 4.12. The second kappa shape index (κ2) is 7.72. The van der Waals surface area contributed by atoms with Crippen molar-refractivity contribution in [2.24, 2.45) is 0 Å². The molecule has 0 aliphatic carbocycles. The summed E-state index contributed by atoms with van der Waals surface area (Å²) in [6.07, 6.45) is 3.23. The van der Waals surface area contributed by atoms with Crippen molar-refractivity contribution in [1.82, 2.24) is 5.32 Å². The smallest absolute Gasteiger partial charge is 0.0843 e. The van der Waals surface area contributed by atoms with Gasteiger partial charge in [-0.2, -0.15) is 0 Å². The number of halogens is 2. The first kappa shape index (κ1) is 15.4. The molecule has 0 aliphatic rings. The summed E-state index contributed by atoms with van der Waals surface area (Å²) in [6.45, 7) is 9.53. The number of nitrogens with one attached hydrogen (secondary N) is 1. The van der Waals surface area contributed by atoms with Crippen LogP contribution in [0.25, 0.3) is 0 Å². The number of hydrogen-bond donors (Lipinski definition) is 1. The first-order valence-corrected chi connectivity index (χ1v) is 8.33. The molecular weight excluding hydrogens is 362 g/mol. The van der Waals surface area contributed by atoms with Gasteiger partial charge in [-0.05, 0) is 63.7 Å². The molecule has 0 aliphatic heterocycles. The molecule has 0 bridgehead atoms. The second-order valence-electron chi connectivity index (χ2n) is 4.08. The molecule has 96 valence electrons. The molecule has 17 heavy (non-hydrogen) atoms. The molecule has 1 aromatic heterocycles. The van der Waals surface area contributed by atoms with Crippen molar-refractivity contribution >= 4 is 43.2 Å². The van der Waals surface area contributed by atoms with Crippen molar-refractivity contribution in [1.29, 1.82) is 0 Å². The Balaban J connectivity index is 2.77. The molecule has 0 spiro atoms. The molecule has 1 rings (SSSR count). The zero-order valence-corrected chi connectivity index (χ0v) is 14.3. The maximum absolute atomic E-state index is 4.12. The molecule has 0 aromatic carbocycles. The van der Waals surface area contributed by atoms with Gasteiger partial charge in [-0.1, -0.05) is 26.0 Å². The van der Waals surface area contributed by atoms with E-state index in [-0.39, 0.29) is 0 Å². The third-order valence-electron chi connectivity index (χ3n) is 2.64. The van der Waals surface area contributed by atoms with Crippen LogP contribution in [-0.2, 0) is 0 Å². The van der Waals surface area contributed by atoms with Gasteiger partial charge in [0, 0.05) is 15.4 Å². The van der Waals surface area contributed by atoms with Crippen LogP contribution < -0.4 is 5.32 Å². The van der Waals surface area contributed by atoms with Crippen LogP contribution >= 0.6 is 43.2 Å². The summed E-state index contributed by atoms with van der Waals surface area (Å²) in [6, 6.07) is 2.60. The molecule has 0 radical (unpaired) electrons. The highest BCUT2D eigenvalue weighted by Crippen LogP contribution is 2.37. The van der Waals surface area contributed by atoms with Gasteiger partial charge in [0.05, 0.1) is 3.79 Å². The minimum Gasteiger partial charge on any atom is -0.309 e. The fraction of sp³-hybridized carbons (Fsp3) is 0.538. The lowest BCUT2D eigenvalue weighted by atomic mass is 10.0. The fourth-order valence-corrected chi connectivity index (χ4v) is 3.73. The van der Waals surface area contributed by atoms with Crippen LogP contribution in [0.15, 0.2) is 26.5 Å². The van der Waals surface area contributed by atoms with E-state index >= 15 is 0 Å². The van der Waals surface area contributed by atoms with Gasteiger partial charge in [0.1, 0.15) is 0 Å². The summed E-state index contributed by atoms with van der Waals surface area (Å²) < 4.78 is 2.31. The lowest BCUT2D eigenvalue weighted by molar-refractivity contribution is 0.530. The molecular formula is C13H19Br2NS. The molecule has 0 fully saturated rings. The van der Waals surface area contributed by atoms with Gasteiger partial charge in [-0.15, -0.1) is 11.3 Å². The molecule has 0 saturated carbocycles. The minimum atomic E-state index is 0.398. The Hall–Kier alpha value is 0.360. The predicted molar refractivity (Wildman–Crippen MR) is 84.8 cm³/mol. The van der Waals surface area contributed by atoms with Crippen LogP contribution in [0.5, 0.6) is 0 Å². The van der Waals surface area contributed by atoms with E-state index < -0.39 is 0 Å². The Kier molecular flexibility index (Phi) is 7.00. The third-order valence-corrected chi connectivity index (χ3v) is 6.01. The van der Waals surface area contributed by atoms with Crippen molar-refractivity contribution in [2.75, 3.05) is 6.54 Å². The summed E-state index contributed by atoms with van der Waals surface area (Å²) in [5, 5.41) is 3.60. The zero-order chi connectivity index (χ0) is 12.8. The third kappa shape index (κ3) is 4.86. The van der Waals surface area contributed by atoms with Crippen molar-refractivity contribution < 1.29 is 0 Å². The van der Waals surface area contributed by atoms with E-state index in [9.17, 15) is 0 Å². The predicted octanol–water partition coefficient (Wildman–Crippen LogP) is 5.67. The van der Waals surface area contributed by atoms with E-state index in [1.165, 1.54) is 10.5 Å². The lowest BCUT2D eigenvalue weighted by Gasteiger charge is -2.17. The molecule has 0 amide bonds. The average Bonchev–Trinajstić information content (AvgIpc) is 2.64. The molecule has 1 unspecified atom stereocenters. The van der Waals surface area contributed by atoms with E-state index in [4.69, 9.17) is 0 Å². The number of hydrogen-bond acceptors (Lipinski definition) is 2. The summed E-state index contributed by atoms with van der Waals surface area (Å²) in [4.78, 5) is 1.37. The Morgan fingerprint density at radius 1 is 1.47 bits per heavy atom. The van der Waals surface area contributed by atoms with E-state index in [0.717, 1.165) is 34.1 Å². The van der Waals surface area contributed by atoms with E-state index in [0.29, 0.717) is 6.04 Å². The number of rotatable bonds is 7. The average molecular weight is 381 g/mol. The van der Waals surface area contributed by atoms with Crippen LogP contribution in [0.3, 0.4) is 0 Å². The summed E-state index contributed by atoms with van der Waals surface area (Å²) in [5.41, 5.74) is 1.30. The largest absolute Gasteiger partial charge is 0.309 e. The molecule has 1 heterocycles. The standard InChI is InChI=1S/C13H19Br2NS/c1-4-6-16-11(7-9(3)5-2)12-8-10(14)13(15)17-12/h8,11,16H,3-7H2,1-2H3. The van der Waals surface area contributed by atoms with E-state index in [1.54, 1.807) is 11.3 Å². The van der Waals surface area contributed by atoms with Crippen molar-refractivity contribution in [3.05, 3.63) is 31.4 Å². The van der Waals surface area contributed by atoms with Crippen LogP contribution in [0.2, 0.25) is 0 Å². The first-order valence-electron chi connectivity index (χ1n) is 5.93.